The Kier molecular flexibility index (Phi) is 3.33. The predicted octanol–water partition coefficient (Wildman–Crippen LogP) is 4.19. The highest BCUT2D eigenvalue weighted by atomic mass is 19.1. The average molecular weight is 227 g/mol. The Morgan fingerprint density at radius 2 is 1.65 bits per heavy atom. The van der Waals surface area contributed by atoms with Crippen LogP contribution < -0.4 is 0 Å². The Labute approximate surface area is 101 Å². The molecule has 2 rings (SSSR count). The van der Waals surface area contributed by atoms with Gasteiger partial charge in [-0.3, -0.25) is 4.99 Å². The maximum Gasteiger partial charge on any atom is 0.123 e. The molecule has 0 saturated heterocycles. The van der Waals surface area contributed by atoms with Crippen molar-refractivity contribution in [2.75, 3.05) is 0 Å². The fourth-order valence-corrected chi connectivity index (χ4v) is 1.50. The van der Waals surface area contributed by atoms with E-state index in [0.717, 1.165) is 11.3 Å². The minimum absolute atomic E-state index is 0.228. The summed E-state index contributed by atoms with van der Waals surface area (Å²) in [6.07, 6.45) is 1.74. The summed E-state index contributed by atoms with van der Waals surface area (Å²) in [6.45, 7) is 4.13. The van der Waals surface area contributed by atoms with E-state index in [-0.39, 0.29) is 5.82 Å². The van der Waals surface area contributed by atoms with E-state index >= 15 is 0 Å². The molecule has 0 radical (unpaired) electrons. The molecule has 0 fully saturated rings. The van der Waals surface area contributed by atoms with Gasteiger partial charge in [-0.2, -0.15) is 0 Å². The van der Waals surface area contributed by atoms with E-state index < -0.39 is 0 Å². The van der Waals surface area contributed by atoms with Crippen LogP contribution in [0.25, 0.3) is 0 Å². The molecule has 0 aliphatic rings. The van der Waals surface area contributed by atoms with Crippen LogP contribution in [0.5, 0.6) is 0 Å². The Hall–Kier alpha value is -1.96. The lowest BCUT2D eigenvalue weighted by Crippen LogP contribution is -1.82. The Morgan fingerprint density at radius 1 is 0.941 bits per heavy atom. The number of nitrogens with zero attached hydrogens (tertiary/aromatic N) is 1. The van der Waals surface area contributed by atoms with Gasteiger partial charge in [-0.05, 0) is 54.8 Å². The average Bonchev–Trinajstić information content (AvgIpc) is 2.33. The van der Waals surface area contributed by atoms with Crippen LogP contribution in [-0.4, -0.2) is 6.21 Å². The van der Waals surface area contributed by atoms with Gasteiger partial charge in [0.25, 0.3) is 0 Å². The lowest BCUT2D eigenvalue weighted by molar-refractivity contribution is 0.628. The van der Waals surface area contributed by atoms with Crippen LogP contribution in [-0.2, 0) is 0 Å². The second-order valence-corrected chi connectivity index (χ2v) is 4.08. The molecule has 2 aromatic carbocycles. The van der Waals surface area contributed by atoms with Crippen LogP contribution in [0, 0.1) is 19.7 Å². The summed E-state index contributed by atoms with van der Waals surface area (Å²) in [6, 6.07) is 12.3. The van der Waals surface area contributed by atoms with Crippen molar-refractivity contribution in [3.8, 4) is 0 Å². The first-order valence-corrected chi connectivity index (χ1v) is 5.52. The number of rotatable bonds is 2. The highest BCUT2D eigenvalue weighted by Gasteiger charge is 1.94. The summed E-state index contributed by atoms with van der Waals surface area (Å²) >= 11 is 0. The molecule has 0 unspecified atom stereocenters. The topological polar surface area (TPSA) is 12.4 Å². The number of hydrogen-bond acceptors (Lipinski definition) is 1. The summed E-state index contributed by atoms with van der Waals surface area (Å²) in [4.78, 5) is 4.36. The first-order valence-electron chi connectivity index (χ1n) is 5.52. The summed E-state index contributed by atoms with van der Waals surface area (Å²) in [5.41, 5.74) is 4.28. The van der Waals surface area contributed by atoms with Crippen molar-refractivity contribution in [1.29, 1.82) is 0 Å². The molecule has 1 nitrogen and oxygen atoms in total. The number of halogens is 1. The third-order valence-corrected chi connectivity index (χ3v) is 2.72. The van der Waals surface area contributed by atoms with Crippen LogP contribution in [0.15, 0.2) is 47.5 Å². The second-order valence-electron chi connectivity index (χ2n) is 4.08. The summed E-state index contributed by atoms with van der Waals surface area (Å²) in [5.74, 6) is -0.228. The second kappa shape index (κ2) is 4.91. The third kappa shape index (κ3) is 3.00. The molecular formula is C15H14FN. The lowest BCUT2D eigenvalue weighted by atomic mass is 10.1. The fourth-order valence-electron chi connectivity index (χ4n) is 1.50. The van der Waals surface area contributed by atoms with Gasteiger partial charge in [0.2, 0.25) is 0 Å². The molecule has 0 bridgehead atoms. The van der Waals surface area contributed by atoms with Gasteiger partial charge < -0.3 is 0 Å². The van der Waals surface area contributed by atoms with E-state index in [1.54, 1.807) is 18.3 Å². The molecule has 2 heteroatoms. The van der Waals surface area contributed by atoms with Crippen molar-refractivity contribution in [2.24, 2.45) is 4.99 Å². The normalized spacial score (nSPS) is 11.0. The minimum Gasteiger partial charge on any atom is -0.256 e. The zero-order valence-corrected chi connectivity index (χ0v) is 9.94. The SMILES string of the molecule is Cc1ccc(N=Cc2ccc(F)cc2)cc1C. The van der Waals surface area contributed by atoms with Crippen LogP contribution in [0.3, 0.4) is 0 Å². The molecule has 0 N–H and O–H groups in total. The van der Waals surface area contributed by atoms with Crippen LogP contribution in [0.4, 0.5) is 10.1 Å². The van der Waals surface area contributed by atoms with E-state index in [2.05, 4.69) is 18.8 Å². The smallest absolute Gasteiger partial charge is 0.123 e. The Bertz CT molecular complexity index is 541. The number of hydrogen-bond donors (Lipinski definition) is 0. The molecule has 0 spiro atoms. The highest BCUT2D eigenvalue weighted by molar-refractivity contribution is 5.81. The molecule has 17 heavy (non-hydrogen) atoms. The van der Waals surface area contributed by atoms with Crippen molar-refractivity contribution in [2.45, 2.75) is 13.8 Å². The van der Waals surface area contributed by atoms with Gasteiger partial charge >= 0.3 is 0 Å². The van der Waals surface area contributed by atoms with Crippen molar-refractivity contribution in [3.05, 3.63) is 65.0 Å². The maximum atomic E-state index is 12.7. The number of benzene rings is 2. The Morgan fingerprint density at radius 3 is 2.29 bits per heavy atom. The van der Waals surface area contributed by atoms with Gasteiger partial charge in [0.15, 0.2) is 0 Å². The van der Waals surface area contributed by atoms with Gasteiger partial charge in [0, 0.05) is 6.21 Å². The fraction of sp³-hybridized carbons (Fsp3) is 0.133. The Balaban J connectivity index is 2.20. The van der Waals surface area contributed by atoms with Gasteiger partial charge in [-0.25, -0.2) is 4.39 Å². The third-order valence-electron chi connectivity index (χ3n) is 2.72. The number of aryl methyl sites for hydroxylation is 2. The van der Waals surface area contributed by atoms with Crippen molar-refractivity contribution in [1.82, 2.24) is 0 Å². The molecule has 0 aliphatic heterocycles. The minimum atomic E-state index is -0.228. The maximum absolute atomic E-state index is 12.7. The zero-order chi connectivity index (χ0) is 12.3. The van der Waals surface area contributed by atoms with Gasteiger partial charge in [0.1, 0.15) is 5.82 Å². The van der Waals surface area contributed by atoms with Crippen molar-refractivity contribution in [3.63, 3.8) is 0 Å². The van der Waals surface area contributed by atoms with Crippen LogP contribution in [0.1, 0.15) is 16.7 Å². The van der Waals surface area contributed by atoms with Crippen molar-refractivity contribution >= 4 is 11.9 Å². The van der Waals surface area contributed by atoms with Crippen molar-refractivity contribution < 1.29 is 4.39 Å². The summed E-state index contributed by atoms with van der Waals surface area (Å²) < 4.78 is 12.7. The quantitative estimate of drug-likeness (QED) is 0.682. The first kappa shape index (κ1) is 11.5. The first-order chi connectivity index (χ1) is 8.15. The predicted molar refractivity (Wildman–Crippen MR) is 69.6 cm³/mol. The van der Waals surface area contributed by atoms with Gasteiger partial charge in [0.05, 0.1) is 5.69 Å². The van der Waals surface area contributed by atoms with E-state index in [1.165, 1.54) is 23.3 Å². The van der Waals surface area contributed by atoms with E-state index in [4.69, 9.17) is 0 Å². The molecular weight excluding hydrogens is 213 g/mol. The van der Waals surface area contributed by atoms with E-state index in [1.807, 2.05) is 18.2 Å². The highest BCUT2D eigenvalue weighted by Crippen LogP contribution is 2.17. The largest absolute Gasteiger partial charge is 0.256 e. The lowest BCUT2D eigenvalue weighted by Gasteiger charge is -2.00. The molecule has 0 amide bonds. The van der Waals surface area contributed by atoms with Crippen LogP contribution >= 0.6 is 0 Å². The molecule has 0 saturated carbocycles. The molecule has 0 heterocycles. The monoisotopic (exact) mass is 227 g/mol. The molecule has 0 aliphatic carbocycles. The van der Waals surface area contributed by atoms with Gasteiger partial charge in [-0.1, -0.05) is 18.2 Å². The summed E-state index contributed by atoms with van der Waals surface area (Å²) in [7, 11) is 0. The van der Waals surface area contributed by atoms with E-state index in [0.29, 0.717) is 0 Å². The van der Waals surface area contributed by atoms with Crippen LogP contribution in [0.2, 0.25) is 0 Å². The van der Waals surface area contributed by atoms with Gasteiger partial charge in [-0.15, -0.1) is 0 Å². The van der Waals surface area contributed by atoms with E-state index in [9.17, 15) is 4.39 Å². The molecule has 0 aromatic heterocycles. The number of aliphatic imine (C=N–C) groups is 1. The summed E-state index contributed by atoms with van der Waals surface area (Å²) in [5, 5.41) is 0. The zero-order valence-electron chi connectivity index (χ0n) is 9.94. The molecule has 0 atom stereocenters. The molecule has 86 valence electrons. The molecule has 2 aromatic rings. The standard InChI is InChI=1S/C15H14FN/c1-11-3-8-15(9-12(11)2)17-10-13-4-6-14(16)7-5-13/h3-10H,1-2H3.